The lowest BCUT2D eigenvalue weighted by atomic mass is 9.96. The number of carbonyl (C=O) groups excluding carboxylic acids is 1. The van der Waals surface area contributed by atoms with Gasteiger partial charge in [0.1, 0.15) is 0 Å². The summed E-state index contributed by atoms with van der Waals surface area (Å²) in [5.41, 5.74) is 7.14. The van der Waals surface area contributed by atoms with E-state index in [4.69, 9.17) is 10.8 Å². The van der Waals surface area contributed by atoms with Gasteiger partial charge in [0, 0.05) is 18.7 Å². The monoisotopic (exact) mass is 276 g/mol. The minimum absolute atomic E-state index is 0.0833. The van der Waals surface area contributed by atoms with Crippen LogP contribution in [0.3, 0.4) is 0 Å². The first-order chi connectivity index (χ1) is 9.63. The lowest BCUT2D eigenvalue weighted by Gasteiger charge is -2.31. The fourth-order valence-electron chi connectivity index (χ4n) is 2.64. The third kappa shape index (κ3) is 3.17. The Hall–Kier alpha value is -1.88. The number of nitrogens with zero attached hydrogens (tertiary/aromatic N) is 1. The van der Waals surface area contributed by atoms with Crippen LogP contribution in [0.4, 0.5) is 0 Å². The minimum atomic E-state index is -0.822. The number of benzene rings is 1. The van der Waals surface area contributed by atoms with Crippen LogP contribution in [0.15, 0.2) is 24.3 Å². The Kier molecular flexibility index (Phi) is 4.74. The van der Waals surface area contributed by atoms with Gasteiger partial charge < -0.3 is 15.7 Å². The van der Waals surface area contributed by atoms with E-state index >= 15 is 0 Å². The molecule has 1 aromatic rings. The summed E-state index contributed by atoms with van der Waals surface area (Å²) in [7, 11) is 0. The number of likely N-dealkylation sites (tertiary alicyclic amines) is 1. The Bertz CT molecular complexity index is 502. The Morgan fingerprint density at radius 1 is 1.35 bits per heavy atom. The maximum atomic E-state index is 12.6. The third-order valence-corrected chi connectivity index (χ3v) is 3.72. The molecule has 5 heteroatoms. The number of carbonyl (C=O) groups is 2. The molecule has 1 aromatic carbocycles. The number of hydrogen-bond donors (Lipinski definition) is 2. The molecule has 1 amide bonds. The van der Waals surface area contributed by atoms with Gasteiger partial charge in [-0.2, -0.15) is 0 Å². The molecule has 108 valence electrons. The lowest BCUT2D eigenvalue weighted by molar-refractivity contribution is -0.143. The van der Waals surface area contributed by atoms with Crippen LogP contribution in [0, 0.1) is 5.92 Å². The fraction of sp³-hybridized carbons (Fsp3) is 0.467. The van der Waals surface area contributed by atoms with Gasteiger partial charge >= 0.3 is 5.97 Å². The molecule has 3 N–H and O–H groups in total. The van der Waals surface area contributed by atoms with E-state index < -0.39 is 11.9 Å². The van der Waals surface area contributed by atoms with Gasteiger partial charge in [0.2, 0.25) is 0 Å². The number of piperidine rings is 1. The lowest BCUT2D eigenvalue weighted by Crippen LogP contribution is -2.42. The molecule has 0 bridgehead atoms. The maximum absolute atomic E-state index is 12.6. The number of carboxylic acid groups (broad SMARTS) is 1. The van der Waals surface area contributed by atoms with Crippen LogP contribution in [0.5, 0.6) is 0 Å². The van der Waals surface area contributed by atoms with E-state index in [-0.39, 0.29) is 5.91 Å². The Morgan fingerprint density at radius 3 is 2.80 bits per heavy atom. The van der Waals surface area contributed by atoms with Crippen molar-refractivity contribution in [3.05, 3.63) is 35.4 Å². The van der Waals surface area contributed by atoms with Crippen LogP contribution >= 0.6 is 0 Å². The van der Waals surface area contributed by atoms with E-state index in [2.05, 4.69) is 0 Å². The first kappa shape index (κ1) is 14.5. The van der Waals surface area contributed by atoms with Gasteiger partial charge in [-0.05, 0) is 37.4 Å². The van der Waals surface area contributed by atoms with E-state index in [1.807, 2.05) is 18.2 Å². The van der Waals surface area contributed by atoms with Crippen molar-refractivity contribution in [3.63, 3.8) is 0 Å². The molecule has 0 aliphatic carbocycles. The van der Waals surface area contributed by atoms with E-state index in [0.29, 0.717) is 38.0 Å². The predicted octanol–water partition coefficient (Wildman–Crippen LogP) is 1.12. The smallest absolute Gasteiger partial charge is 0.308 e. The summed E-state index contributed by atoms with van der Waals surface area (Å²) in [5.74, 6) is -1.35. The molecule has 20 heavy (non-hydrogen) atoms. The average Bonchev–Trinajstić information content (AvgIpc) is 2.47. The number of rotatable bonds is 4. The van der Waals surface area contributed by atoms with Crippen molar-refractivity contribution < 1.29 is 14.7 Å². The second kappa shape index (κ2) is 6.52. The van der Waals surface area contributed by atoms with E-state index in [0.717, 1.165) is 12.0 Å². The van der Waals surface area contributed by atoms with Gasteiger partial charge in [-0.3, -0.25) is 9.59 Å². The molecule has 1 atom stereocenters. The molecule has 1 unspecified atom stereocenters. The molecule has 1 fully saturated rings. The molecule has 0 radical (unpaired) electrons. The highest BCUT2D eigenvalue weighted by atomic mass is 16.4. The van der Waals surface area contributed by atoms with Crippen LogP contribution in [-0.2, 0) is 11.2 Å². The largest absolute Gasteiger partial charge is 0.481 e. The molecule has 2 rings (SSSR count). The normalized spacial score (nSPS) is 18.9. The number of hydrogen-bond acceptors (Lipinski definition) is 3. The van der Waals surface area contributed by atoms with Crippen LogP contribution < -0.4 is 5.73 Å². The minimum Gasteiger partial charge on any atom is -0.481 e. The van der Waals surface area contributed by atoms with Crippen molar-refractivity contribution in [2.75, 3.05) is 19.6 Å². The number of nitrogens with two attached hydrogens (primary N) is 1. The number of aliphatic carboxylic acids is 1. The second-order valence-corrected chi connectivity index (χ2v) is 5.12. The van der Waals surface area contributed by atoms with Gasteiger partial charge in [-0.15, -0.1) is 0 Å². The predicted molar refractivity (Wildman–Crippen MR) is 75.5 cm³/mol. The maximum Gasteiger partial charge on any atom is 0.308 e. The van der Waals surface area contributed by atoms with E-state index in [1.54, 1.807) is 11.0 Å². The van der Waals surface area contributed by atoms with Gasteiger partial charge in [0.15, 0.2) is 0 Å². The molecule has 1 aliphatic heterocycles. The summed E-state index contributed by atoms with van der Waals surface area (Å²) in [4.78, 5) is 25.3. The summed E-state index contributed by atoms with van der Waals surface area (Å²) in [6, 6.07) is 7.40. The molecule has 1 saturated heterocycles. The second-order valence-electron chi connectivity index (χ2n) is 5.12. The van der Waals surface area contributed by atoms with Crippen LogP contribution in [0.25, 0.3) is 0 Å². The summed E-state index contributed by atoms with van der Waals surface area (Å²) in [6.45, 7) is 1.41. The van der Waals surface area contributed by atoms with Crippen LogP contribution in [0.2, 0.25) is 0 Å². The first-order valence-corrected chi connectivity index (χ1v) is 6.93. The van der Waals surface area contributed by atoms with Crippen LogP contribution in [0.1, 0.15) is 28.8 Å². The van der Waals surface area contributed by atoms with Gasteiger partial charge in [-0.25, -0.2) is 0 Å². The van der Waals surface area contributed by atoms with Crippen molar-refractivity contribution in [2.24, 2.45) is 11.7 Å². The Balaban J connectivity index is 2.16. The number of amides is 1. The van der Waals surface area contributed by atoms with E-state index in [9.17, 15) is 9.59 Å². The molecule has 1 aliphatic rings. The molecule has 1 heterocycles. The highest BCUT2D eigenvalue weighted by Crippen LogP contribution is 2.20. The molecular weight excluding hydrogens is 256 g/mol. The van der Waals surface area contributed by atoms with Gasteiger partial charge in [0.05, 0.1) is 5.92 Å². The Morgan fingerprint density at radius 2 is 2.10 bits per heavy atom. The summed E-state index contributed by atoms with van der Waals surface area (Å²) in [5, 5.41) is 9.09. The molecule has 0 saturated carbocycles. The molecule has 5 nitrogen and oxygen atoms in total. The van der Waals surface area contributed by atoms with Crippen molar-refractivity contribution in [3.8, 4) is 0 Å². The van der Waals surface area contributed by atoms with Crippen molar-refractivity contribution >= 4 is 11.9 Å². The highest BCUT2D eigenvalue weighted by Gasteiger charge is 2.29. The first-order valence-electron chi connectivity index (χ1n) is 6.93. The zero-order valence-corrected chi connectivity index (χ0v) is 11.4. The van der Waals surface area contributed by atoms with Gasteiger partial charge in [0.25, 0.3) is 5.91 Å². The molecule has 0 aromatic heterocycles. The fourth-order valence-corrected chi connectivity index (χ4v) is 2.64. The zero-order chi connectivity index (χ0) is 14.5. The van der Waals surface area contributed by atoms with Crippen LogP contribution in [-0.4, -0.2) is 41.5 Å². The zero-order valence-electron chi connectivity index (χ0n) is 11.4. The molecule has 0 spiro atoms. The summed E-state index contributed by atoms with van der Waals surface area (Å²) < 4.78 is 0. The Labute approximate surface area is 118 Å². The quantitative estimate of drug-likeness (QED) is 0.863. The topological polar surface area (TPSA) is 83.6 Å². The third-order valence-electron chi connectivity index (χ3n) is 3.72. The van der Waals surface area contributed by atoms with Crippen molar-refractivity contribution in [1.82, 2.24) is 4.90 Å². The number of carboxylic acids is 1. The molecular formula is C15H20N2O3. The summed E-state index contributed by atoms with van der Waals surface area (Å²) >= 11 is 0. The van der Waals surface area contributed by atoms with Gasteiger partial charge in [-0.1, -0.05) is 18.2 Å². The van der Waals surface area contributed by atoms with E-state index in [1.165, 1.54) is 0 Å². The SMILES string of the molecule is NCCc1ccccc1C(=O)N1CCCC(C(=O)O)C1. The van der Waals surface area contributed by atoms with Crippen molar-refractivity contribution in [2.45, 2.75) is 19.3 Å². The highest BCUT2D eigenvalue weighted by molar-refractivity contribution is 5.96. The average molecular weight is 276 g/mol. The van der Waals surface area contributed by atoms with Crippen molar-refractivity contribution in [1.29, 1.82) is 0 Å². The summed E-state index contributed by atoms with van der Waals surface area (Å²) in [6.07, 6.45) is 2.03. The standard InChI is InChI=1S/C15H20N2O3/c16-8-7-11-4-1-2-6-13(11)14(18)17-9-3-5-12(10-17)15(19)20/h1-2,4,6,12H,3,5,7-10,16H2,(H,19,20).